The molecule has 5 nitrogen and oxygen atoms in total. The van der Waals surface area contributed by atoms with Gasteiger partial charge in [0.25, 0.3) is 0 Å². The van der Waals surface area contributed by atoms with Crippen LogP contribution in [-0.4, -0.2) is 25.8 Å². The van der Waals surface area contributed by atoms with Crippen LogP contribution in [0.15, 0.2) is 0 Å². The van der Waals surface area contributed by atoms with Crippen LogP contribution in [0, 0.1) is 5.41 Å². The predicted octanol–water partition coefficient (Wildman–Crippen LogP) is 2.58. The van der Waals surface area contributed by atoms with Gasteiger partial charge in [-0.1, -0.05) is 25.7 Å². The SMILES string of the molecule is O=C(O)C1(Cc2nnc3n2CCCC3)CCCCCC1. The number of carboxylic acids is 1. The molecule has 0 amide bonds. The van der Waals surface area contributed by atoms with Crippen LogP contribution in [0.4, 0.5) is 0 Å². The van der Waals surface area contributed by atoms with Gasteiger partial charge >= 0.3 is 5.97 Å². The lowest BCUT2D eigenvalue weighted by atomic mass is 9.77. The number of aryl methyl sites for hydroxylation is 1. The summed E-state index contributed by atoms with van der Waals surface area (Å²) >= 11 is 0. The van der Waals surface area contributed by atoms with E-state index in [1.807, 2.05) is 0 Å². The van der Waals surface area contributed by atoms with Crippen molar-refractivity contribution >= 4 is 5.97 Å². The van der Waals surface area contributed by atoms with Crippen LogP contribution in [0.1, 0.15) is 63.0 Å². The minimum absolute atomic E-state index is 0.551. The maximum absolute atomic E-state index is 11.9. The van der Waals surface area contributed by atoms with Gasteiger partial charge in [-0.15, -0.1) is 10.2 Å². The molecule has 0 radical (unpaired) electrons. The number of carbonyl (C=O) groups is 1. The highest BCUT2D eigenvalue weighted by atomic mass is 16.4. The molecule has 110 valence electrons. The van der Waals surface area contributed by atoms with Crippen molar-refractivity contribution in [1.82, 2.24) is 14.8 Å². The second-order valence-corrected chi connectivity index (χ2v) is 6.32. The summed E-state index contributed by atoms with van der Waals surface area (Å²) in [7, 11) is 0. The van der Waals surface area contributed by atoms with Crippen LogP contribution in [0.25, 0.3) is 0 Å². The number of aliphatic carboxylic acids is 1. The number of fused-ring (bicyclic) bond motifs is 1. The van der Waals surface area contributed by atoms with Gasteiger partial charge in [-0.05, 0) is 25.7 Å². The summed E-state index contributed by atoms with van der Waals surface area (Å²) in [6.45, 7) is 0.952. The second kappa shape index (κ2) is 5.54. The third-order valence-corrected chi connectivity index (χ3v) is 4.95. The largest absolute Gasteiger partial charge is 0.481 e. The lowest BCUT2D eigenvalue weighted by Crippen LogP contribution is -2.34. The fourth-order valence-electron chi connectivity index (χ4n) is 3.67. The smallest absolute Gasteiger partial charge is 0.310 e. The summed E-state index contributed by atoms with van der Waals surface area (Å²) in [5.74, 6) is 1.29. The number of hydrogen-bond donors (Lipinski definition) is 1. The molecule has 0 unspecified atom stereocenters. The highest BCUT2D eigenvalue weighted by Crippen LogP contribution is 2.38. The van der Waals surface area contributed by atoms with E-state index in [0.717, 1.165) is 69.6 Å². The molecule has 1 aliphatic heterocycles. The van der Waals surface area contributed by atoms with Crippen molar-refractivity contribution < 1.29 is 9.90 Å². The van der Waals surface area contributed by atoms with Gasteiger partial charge in [0.2, 0.25) is 0 Å². The zero-order valence-electron chi connectivity index (χ0n) is 12.0. The zero-order valence-corrected chi connectivity index (χ0v) is 12.0. The standard InChI is InChI=1S/C15H23N3O2/c19-14(20)15(8-4-1-2-5-9-15)11-13-17-16-12-7-3-6-10-18(12)13/h1-11H2,(H,19,20). The number of aromatic nitrogens is 3. The normalized spacial score (nSPS) is 22.0. The van der Waals surface area contributed by atoms with E-state index >= 15 is 0 Å². The first-order valence-corrected chi connectivity index (χ1v) is 7.86. The molecule has 1 N–H and O–H groups in total. The van der Waals surface area contributed by atoms with E-state index in [1.54, 1.807) is 0 Å². The Labute approximate surface area is 119 Å². The fourth-order valence-corrected chi connectivity index (χ4v) is 3.67. The van der Waals surface area contributed by atoms with Crippen molar-refractivity contribution in [3.63, 3.8) is 0 Å². The molecule has 1 aromatic rings. The summed E-state index contributed by atoms with van der Waals surface area (Å²) in [5, 5.41) is 18.3. The van der Waals surface area contributed by atoms with Crippen molar-refractivity contribution in [2.75, 3.05) is 0 Å². The molecule has 2 heterocycles. The van der Waals surface area contributed by atoms with Crippen molar-refractivity contribution in [3.8, 4) is 0 Å². The molecule has 0 atom stereocenters. The van der Waals surface area contributed by atoms with E-state index in [4.69, 9.17) is 0 Å². The Hall–Kier alpha value is -1.39. The molecule has 0 aromatic carbocycles. The van der Waals surface area contributed by atoms with E-state index < -0.39 is 11.4 Å². The zero-order chi connectivity index (χ0) is 14.0. The van der Waals surface area contributed by atoms with E-state index in [-0.39, 0.29) is 0 Å². The third kappa shape index (κ3) is 2.45. The molecule has 1 saturated carbocycles. The molecular formula is C15H23N3O2. The monoisotopic (exact) mass is 277 g/mol. The molecule has 2 aliphatic rings. The molecule has 1 aromatic heterocycles. The van der Waals surface area contributed by atoms with Crippen LogP contribution >= 0.6 is 0 Å². The van der Waals surface area contributed by atoms with Crippen LogP contribution in [0.2, 0.25) is 0 Å². The van der Waals surface area contributed by atoms with Crippen molar-refractivity contribution in [1.29, 1.82) is 0 Å². The van der Waals surface area contributed by atoms with Crippen LogP contribution in [0.3, 0.4) is 0 Å². The quantitative estimate of drug-likeness (QED) is 0.862. The number of carboxylic acid groups (broad SMARTS) is 1. The van der Waals surface area contributed by atoms with E-state index in [0.29, 0.717) is 6.42 Å². The molecule has 0 saturated heterocycles. The van der Waals surface area contributed by atoms with Gasteiger partial charge in [0.05, 0.1) is 5.41 Å². The molecular weight excluding hydrogens is 254 g/mol. The summed E-state index contributed by atoms with van der Waals surface area (Å²) in [6.07, 6.45) is 9.78. The Morgan fingerprint density at radius 2 is 1.85 bits per heavy atom. The lowest BCUT2D eigenvalue weighted by molar-refractivity contribution is -0.150. The van der Waals surface area contributed by atoms with E-state index in [2.05, 4.69) is 14.8 Å². The molecule has 1 fully saturated rings. The Morgan fingerprint density at radius 3 is 2.55 bits per heavy atom. The van der Waals surface area contributed by atoms with Gasteiger partial charge < -0.3 is 9.67 Å². The predicted molar refractivity (Wildman–Crippen MR) is 74.4 cm³/mol. The first-order valence-electron chi connectivity index (χ1n) is 7.86. The van der Waals surface area contributed by atoms with Crippen molar-refractivity contribution in [3.05, 3.63) is 11.6 Å². The van der Waals surface area contributed by atoms with Crippen LogP contribution < -0.4 is 0 Å². The highest BCUT2D eigenvalue weighted by molar-refractivity contribution is 5.75. The highest BCUT2D eigenvalue weighted by Gasteiger charge is 2.40. The number of hydrogen-bond acceptors (Lipinski definition) is 3. The first-order chi connectivity index (χ1) is 9.71. The number of nitrogens with zero attached hydrogens (tertiary/aromatic N) is 3. The topological polar surface area (TPSA) is 68.0 Å². The third-order valence-electron chi connectivity index (χ3n) is 4.95. The van der Waals surface area contributed by atoms with E-state index in [1.165, 1.54) is 6.42 Å². The second-order valence-electron chi connectivity index (χ2n) is 6.32. The van der Waals surface area contributed by atoms with Gasteiger partial charge in [0.1, 0.15) is 11.6 Å². The van der Waals surface area contributed by atoms with Gasteiger partial charge in [-0.2, -0.15) is 0 Å². The van der Waals surface area contributed by atoms with Crippen molar-refractivity contribution in [2.45, 2.75) is 70.8 Å². The van der Waals surface area contributed by atoms with Gasteiger partial charge in [0, 0.05) is 19.4 Å². The molecule has 3 rings (SSSR count). The van der Waals surface area contributed by atoms with Crippen LogP contribution in [0.5, 0.6) is 0 Å². The minimum Gasteiger partial charge on any atom is -0.481 e. The van der Waals surface area contributed by atoms with E-state index in [9.17, 15) is 9.90 Å². The Balaban J connectivity index is 1.86. The molecule has 20 heavy (non-hydrogen) atoms. The van der Waals surface area contributed by atoms with Gasteiger partial charge in [-0.3, -0.25) is 4.79 Å². The Bertz CT molecular complexity index is 487. The average Bonchev–Trinajstić information content (AvgIpc) is 2.69. The summed E-state index contributed by atoms with van der Waals surface area (Å²) in [4.78, 5) is 11.9. The Kier molecular flexibility index (Phi) is 3.76. The summed E-state index contributed by atoms with van der Waals surface area (Å²) in [6, 6.07) is 0. The van der Waals surface area contributed by atoms with Gasteiger partial charge in [-0.25, -0.2) is 0 Å². The lowest BCUT2D eigenvalue weighted by Gasteiger charge is -2.28. The first kappa shape index (κ1) is 13.6. The van der Waals surface area contributed by atoms with Gasteiger partial charge in [0.15, 0.2) is 0 Å². The maximum atomic E-state index is 11.9. The maximum Gasteiger partial charge on any atom is 0.310 e. The summed E-state index contributed by atoms with van der Waals surface area (Å²) in [5.41, 5.74) is -0.613. The Morgan fingerprint density at radius 1 is 1.10 bits per heavy atom. The average molecular weight is 277 g/mol. The molecule has 1 aliphatic carbocycles. The molecule has 0 bridgehead atoms. The summed E-state index contributed by atoms with van der Waals surface area (Å²) < 4.78 is 2.17. The van der Waals surface area contributed by atoms with Crippen LogP contribution in [-0.2, 0) is 24.2 Å². The molecule has 0 spiro atoms. The van der Waals surface area contributed by atoms with Crippen molar-refractivity contribution in [2.24, 2.45) is 5.41 Å². The fraction of sp³-hybridized carbons (Fsp3) is 0.800. The molecule has 5 heteroatoms. The minimum atomic E-state index is -0.646. The number of rotatable bonds is 3.